The minimum Gasteiger partial charge on any atom is -0.394 e. The summed E-state index contributed by atoms with van der Waals surface area (Å²) in [7, 11) is 0. The number of amides is 1. The molecule has 3 fully saturated rings. The van der Waals surface area contributed by atoms with Gasteiger partial charge in [0.25, 0.3) is 0 Å². The number of allylic oxidation sites excluding steroid dienone is 9. The normalized spacial score (nSPS) is 26.2. The highest BCUT2D eigenvalue weighted by Crippen LogP contribution is 2.33. The van der Waals surface area contributed by atoms with E-state index in [0.29, 0.717) is 12.8 Å². The Morgan fingerprint density at radius 1 is 0.346 bits per heavy atom. The molecule has 1 amide bonds. The Morgan fingerprint density at radius 3 is 1.03 bits per heavy atom. The largest absolute Gasteiger partial charge is 0.394 e. The molecule has 3 saturated heterocycles. The molecule has 3 heterocycles. The molecule has 0 aromatic rings. The molecule has 3 aliphatic heterocycles. The van der Waals surface area contributed by atoms with Crippen LogP contribution >= 0.6 is 0 Å². The number of nitrogens with one attached hydrogen (secondary N) is 1. The van der Waals surface area contributed by atoms with E-state index in [2.05, 4.69) is 67.8 Å². The molecule has 0 spiro atoms. The van der Waals surface area contributed by atoms with Gasteiger partial charge in [-0.15, -0.1) is 0 Å². The van der Waals surface area contributed by atoms with Crippen LogP contribution < -0.4 is 5.32 Å². The molecule has 3 rings (SSSR count). The summed E-state index contributed by atoms with van der Waals surface area (Å²) in [6.07, 6.45) is 58.0. The molecule has 0 aromatic heterocycles. The van der Waals surface area contributed by atoms with Gasteiger partial charge in [-0.25, -0.2) is 0 Å². The van der Waals surface area contributed by atoms with Gasteiger partial charge in [0.15, 0.2) is 18.9 Å². The number of rotatable bonds is 68. The second-order valence-corrected chi connectivity index (χ2v) is 30.3. The third kappa shape index (κ3) is 44.4. The van der Waals surface area contributed by atoms with Gasteiger partial charge in [-0.2, -0.15) is 0 Å². The molecule has 3 aliphatic rings. The molecule has 608 valence electrons. The number of carbonyl (C=O) groups is 1. The molecule has 0 saturated carbocycles. The van der Waals surface area contributed by atoms with E-state index in [1.807, 2.05) is 6.08 Å². The maximum Gasteiger partial charge on any atom is 0.220 e. The lowest BCUT2D eigenvalue weighted by atomic mass is 9.96. The molecule has 104 heavy (non-hydrogen) atoms. The molecule has 0 bridgehead atoms. The highest BCUT2D eigenvalue weighted by atomic mass is 16.8. The maximum atomic E-state index is 13.5. The summed E-state index contributed by atoms with van der Waals surface area (Å²) in [6, 6.07) is -0.992. The lowest BCUT2D eigenvalue weighted by molar-refractivity contribution is -0.379. The van der Waals surface area contributed by atoms with Crippen LogP contribution in [0.1, 0.15) is 341 Å². The Labute approximate surface area is 630 Å². The second-order valence-electron chi connectivity index (χ2n) is 30.3. The van der Waals surface area contributed by atoms with E-state index in [1.54, 1.807) is 6.08 Å². The third-order valence-electron chi connectivity index (χ3n) is 21.0. The van der Waals surface area contributed by atoms with Crippen LogP contribution in [0.15, 0.2) is 60.8 Å². The summed E-state index contributed by atoms with van der Waals surface area (Å²) in [5, 5.41) is 121. The summed E-state index contributed by atoms with van der Waals surface area (Å²) in [6.45, 7) is 1.75. The second kappa shape index (κ2) is 65.2. The monoisotopic (exact) mass is 1480 g/mol. The van der Waals surface area contributed by atoms with Crippen molar-refractivity contribution in [3.63, 3.8) is 0 Å². The van der Waals surface area contributed by atoms with Gasteiger partial charge in [-0.05, 0) is 70.6 Å². The number of hydrogen-bond acceptors (Lipinski definition) is 18. The lowest BCUT2D eigenvalue weighted by Crippen LogP contribution is -2.66. The summed E-state index contributed by atoms with van der Waals surface area (Å²) in [4.78, 5) is 13.5. The molecule has 0 aliphatic carbocycles. The van der Waals surface area contributed by atoms with Crippen LogP contribution in [0.3, 0.4) is 0 Å². The van der Waals surface area contributed by atoms with Crippen LogP contribution in [0.4, 0.5) is 0 Å². The Morgan fingerprint density at radius 2 is 0.644 bits per heavy atom. The van der Waals surface area contributed by atoms with Gasteiger partial charge in [0, 0.05) is 6.42 Å². The average molecular weight is 1480 g/mol. The number of ether oxygens (including phenoxy) is 6. The molecule has 0 aromatic carbocycles. The van der Waals surface area contributed by atoms with Crippen LogP contribution in [0, 0.1) is 0 Å². The molecule has 19 nitrogen and oxygen atoms in total. The van der Waals surface area contributed by atoms with Crippen molar-refractivity contribution < 1.29 is 89.4 Å². The van der Waals surface area contributed by atoms with Crippen LogP contribution in [0.25, 0.3) is 0 Å². The van der Waals surface area contributed by atoms with Gasteiger partial charge in [0.05, 0.1) is 38.6 Å². The minimum absolute atomic E-state index is 0.238. The number of unbranched alkanes of at least 4 members (excludes halogenated alkanes) is 44. The highest BCUT2D eigenvalue weighted by Gasteiger charge is 2.54. The van der Waals surface area contributed by atoms with Crippen molar-refractivity contribution in [1.82, 2.24) is 5.32 Å². The Balaban J connectivity index is 1.33. The smallest absolute Gasteiger partial charge is 0.220 e. The number of carbonyl (C=O) groups excluding carboxylic acids is 1. The number of aliphatic hydroxyl groups excluding tert-OH is 11. The van der Waals surface area contributed by atoms with E-state index in [4.69, 9.17) is 28.4 Å². The van der Waals surface area contributed by atoms with Crippen molar-refractivity contribution in [2.24, 2.45) is 0 Å². The van der Waals surface area contributed by atoms with Crippen molar-refractivity contribution in [3.05, 3.63) is 60.8 Å². The molecule has 17 atom stereocenters. The van der Waals surface area contributed by atoms with Gasteiger partial charge in [-0.3, -0.25) is 4.79 Å². The summed E-state index contributed by atoms with van der Waals surface area (Å²) in [5.41, 5.74) is 0. The first kappa shape index (κ1) is 95.7. The summed E-state index contributed by atoms with van der Waals surface area (Å²) >= 11 is 0. The van der Waals surface area contributed by atoms with E-state index in [-0.39, 0.29) is 18.9 Å². The molecular weight excluding hydrogens is 1320 g/mol. The van der Waals surface area contributed by atoms with E-state index in [1.165, 1.54) is 257 Å². The fourth-order valence-corrected chi connectivity index (χ4v) is 14.2. The molecule has 0 radical (unpaired) electrons. The fraction of sp³-hybridized carbons (Fsp3) is 0.871. The quantitative estimate of drug-likeness (QED) is 0.0199. The van der Waals surface area contributed by atoms with Gasteiger partial charge in [0.1, 0.15) is 73.2 Å². The minimum atomic E-state index is -1.98. The molecule has 12 N–H and O–H groups in total. The van der Waals surface area contributed by atoms with Crippen molar-refractivity contribution in [2.45, 2.75) is 446 Å². The van der Waals surface area contributed by atoms with Crippen LogP contribution in [-0.2, 0) is 33.2 Å². The van der Waals surface area contributed by atoms with Crippen molar-refractivity contribution in [3.8, 4) is 0 Å². The molecular formula is C85H155NO18. The molecule has 19 heteroatoms. The Kier molecular flexibility index (Phi) is 60.0. The SMILES string of the molecule is CCCCCCC/C=C\C/C=C\C/C=C\CCCCCCCCCCCCCCCCCCCCCCCCC(=O)NC(COC1OC(CO)C(OC2OC(CO)C(OC3OC(CO)C(O)C(O)C3O)C(O)C2O)C(O)C1O)C(O)/C=C/CC/C=C/CCCCCCCCCCCCCCCCCC. The van der Waals surface area contributed by atoms with Gasteiger partial charge >= 0.3 is 0 Å². The zero-order chi connectivity index (χ0) is 75.3. The van der Waals surface area contributed by atoms with Crippen molar-refractivity contribution in [2.75, 3.05) is 26.4 Å². The topological polar surface area (TPSA) is 307 Å². The maximum absolute atomic E-state index is 13.5. The first-order valence-electron chi connectivity index (χ1n) is 42.5. The van der Waals surface area contributed by atoms with Crippen molar-refractivity contribution in [1.29, 1.82) is 0 Å². The van der Waals surface area contributed by atoms with Crippen LogP contribution in [-0.4, -0.2) is 193 Å². The first-order valence-corrected chi connectivity index (χ1v) is 42.5. The Hall–Kier alpha value is -2.51. The van der Waals surface area contributed by atoms with Crippen molar-refractivity contribution >= 4 is 5.91 Å². The van der Waals surface area contributed by atoms with Gasteiger partial charge in [0.2, 0.25) is 5.91 Å². The van der Waals surface area contributed by atoms with E-state index in [0.717, 1.165) is 51.4 Å². The first-order chi connectivity index (χ1) is 50.8. The van der Waals surface area contributed by atoms with E-state index in [9.17, 15) is 61.0 Å². The zero-order valence-electron chi connectivity index (χ0n) is 65.3. The highest BCUT2D eigenvalue weighted by molar-refractivity contribution is 5.76. The average Bonchev–Trinajstić information content (AvgIpc) is 0.783. The third-order valence-corrected chi connectivity index (χ3v) is 21.0. The predicted molar refractivity (Wildman–Crippen MR) is 415 cm³/mol. The van der Waals surface area contributed by atoms with E-state index < -0.39 is 124 Å². The number of hydrogen-bond donors (Lipinski definition) is 12. The number of aliphatic hydroxyl groups is 11. The van der Waals surface area contributed by atoms with E-state index >= 15 is 0 Å². The van der Waals surface area contributed by atoms with Gasteiger partial charge in [-0.1, -0.05) is 325 Å². The lowest BCUT2D eigenvalue weighted by Gasteiger charge is -2.48. The standard InChI is InChI=1S/C85H155NO18/c1-3-5-7-9-11-13-15-17-19-21-23-25-27-28-29-30-31-32-33-34-35-36-37-38-39-40-41-43-45-47-49-51-53-55-57-59-61-63-73(91)86-68(69(90)62-60-58-56-54-52-50-48-46-44-42-26-24-22-20-18-16-14-12-10-8-6-4-2)67-99-83-79(97)76(94)81(71(65-88)101-83)104-85-80(98)77(95)82(72(66-89)102-85)103-84-78(96)75(93)74(92)70(64-87)100-84/h15,17,21,23,27-28,52,54,60,62,68-72,74-85,87-90,92-98H,3-14,16,18-20,22,24-26,29-51,53,55-59,61,63-67H2,1-2H3,(H,86,91)/b17-15-,23-21-,28-27-,54-52+,62-60+. The van der Waals surface area contributed by atoms with Crippen LogP contribution in [0.2, 0.25) is 0 Å². The summed E-state index contributed by atoms with van der Waals surface area (Å²) < 4.78 is 34.5. The summed E-state index contributed by atoms with van der Waals surface area (Å²) in [5.74, 6) is -0.280. The fourth-order valence-electron chi connectivity index (χ4n) is 14.2. The predicted octanol–water partition coefficient (Wildman–Crippen LogP) is 15.0. The Bertz CT molecular complexity index is 2110. The van der Waals surface area contributed by atoms with Crippen LogP contribution in [0.5, 0.6) is 0 Å². The molecule has 17 unspecified atom stereocenters. The zero-order valence-corrected chi connectivity index (χ0v) is 65.3. The van der Waals surface area contributed by atoms with Gasteiger partial charge < -0.3 is 89.9 Å².